The molecule has 11 heteroatoms. The molecule has 164 valence electrons. The van der Waals surface area contributed by atoms with Gasteiger partial charge in [0.05, 0.1) is 7.11 Å². The fourth-order valence-electron chi connectivity index (χ4n) is 2.82. The zero-order valence-electron chi connectivity index (χ0n) is 16.7. The van der Waals surface area contributed by atoms with Crippen LogP contribution in [0.5, 0.6) is 5.75 Å². The number of hydrogen-bond donors (Lipinski definition) is 0. The molecule has 0 N–H and O–H groups in total. The maximum Gasteiger partial charge on any atom is 0.339 e. The molecule has 1 aromatic carbocycles. The molecule has 0 saturated carbocycles. The number of methoxy groups -OCH3 is 1. The number of carbonyl (C=O) groups excluding carboxylic acids is 4. The Morgan fingerprint density at radius 3 is 1.83 bits per heavy atom. The van der Waals surface area contributed by atoms with Crippen LogP contribution in [0.3, 0.4) is 0 Å². The average molecular weight is 536 g/mol. The van der Waals surface area contributed by atoms with Crippen molar-refractivity contribution in [2.24, 2.45) is 0 Å². The second-order valence-electron chi connectivity index (χ2n) is 6.24. The number of benzene rings is 1. The highest BCUT2D eigenvalue weighted by atomic mass is 127. The summed E-state index contributed by atoms with van der Waals surface area (Å²) in [6, 6.07) is 6.81. The van der Waals surface area contributed by atoms with E-state index in [2.05, 4.69) is 22.6 Å². The second-order valence-corrected chi connectivity index (χ2v) is 7.49. The van der Waals surface area contributed by atoms with Crippen molar-refractivity contribution in [1.82, 2.24) is 0 Å². The molecule has 5 atom stereocenters. The summed E-state index contributed by atoms with van der Waals surface area (Å²) in [5.41, 5.74) is 0. The Morgan fingerprint density at radius 2 is 1.33 bits per heavy atom. The van der Waals surface area contributed by atoms with Gasteiger partial charge in [-0.05, 0) is 46.9 Å². The highest BCUT2D eigenvalue weighted by molar-refractivity contribution is 14.1. The molecule has 1 aliphatic rings. The molecule has 1 heterocycles. The summed E-state index contributed by atoms with van der Waals surface area (Å²) in [5, 5.41) is 0. The zero-order valence-corrected chi connectivity index (χ0v) is 18.8. The molecule has 2 rings (SSSR count). The number of ether oxygens (including phenoxy) is 6. The van der Waals surface area contributed by atoms with Crippen LogP contribution in [-0.4, -0.2) is 61.7 Å². The van der Waals surface area contributed by atoms with Gasteiger partial charge in [-0.2, -0.15) is 0 Å². The van der Waals surface area contributed by atoms with Crippen molar-refractivity contribution in [3.63, 3.8) is 0 Å². The number of hydrogen-bond acceptors (Lipinski definition) is 10. The van der Waals surface area contributed by atoms with E-state index in [-0.39, 0.29) is 0 Å². The zero-order chi connectivity index (χ0) is 22.4. The molecule has 0 bridgehead atoms. The van der Waals surface area contributed by atoms with Crippen LogP contribution in [-0.2, 0) is 42.9 Å². The first-order valence-electron chi connectivity index (χ1n) is 8.79. The lowest BCUT2D eigenvalue weighted by Gasteiger charge is -2.43. The largest absolute Gasteiger partial charge is 0.467 e. The van der Waals surface area contributed by atoms with E-state index in [0.29, 0.717) is 5.75 Å². The van der Waals surface area contributed by atoms with Crippen LogP contribution < -0.4 is 4.74 Å². The van der Waals surface area contributed by atoms with Crippen molar-refractivity contribution in [1.29, 1.82) is 0 Å². The van der Waals surface area contributed by atoms with E-state index >= 15 is 0 Å². The fraction of sp³-hybridized carbons (Fsp3) is 0.474. The highest BCUT2D eigenvalue weighted by Gasteiger charge is 2.55. The fourth-order valence-corrected chi connectivity index (χ4v) is 3.18. The molecule has 10 nitrogen and oxygen atoms in total. The molecular formula is C19H21IO10. The Balaban J connectivity index is 2.47. The Hall–Kier alpha value is -2.41. The predicted octanol–water partition coefficient (Wildman–Crippen LogP) is 1.36. The number of carbonyl (C=O) groups is 4. The van der Waals surface area contributed by atoms with E-state index in [1.807, 2.05) is 0 Å². The second kappa shape index (κ2) is 10.6. The van der Waals surface area contributed by atoms with Crippen LogP contribution >= 0.6 is 22.6 Å². The van der Waals surface area contributed by atoms with Crippen molar-refractivity contribution in [2.45, 2.75) is 51.5 Å². The van der Waals surface area contributed by atoms with Crippen LogP contribution in [0.2, 0.25) is 0 Å². The van der Waals surface area contributed by atoms with Crippen molar-refractivity contribution < 1.29 is 47.6 Å². The van der Waals surface area contributed by atoms with Gasteiger partial charge in [-0.15, -0.1) is 0 Å². The molecular weight excluding hydrogens is 515 g/mol. The first-order valence-corrected chi connectivity index (χ1v) is 9.87. The minimum Gasteiger partial charge on any atom is -0.467 e. The van der Waals surface area contributed by atoms with Gasteiger partial charge < -0.3 is 28.4 Å². The van der Waals surface area contributed by atoms with Crippen molar-refractivity contribution >= 4 is 46.5 Å². The molecule has 0 spiro atoms. The van der Waals surface area contributed by atoms with E-state index in [4.69, 9.17) is 28.4 Å². The summed E-state index contributed by atoms with van der Waals surface area (Å²) in [6.45, 7) is 3.36. The van der Waals surface area contributed by atoms with Crippen LogP contribution in [0.15, 0.2) is 24.3 Å². The minimum absolute atomic E-state index is 0.341. The third-order valence-corrected chi connectivity index (χ3v) is 4.62. The SMILES string of the molecule is COC(=O)[C@@H]1O[C@@H](Oc2ccc(I)cc2)[C@@H](OC(C)=O)[C@@H](OC(C)=O)[C@@H]1OC(C)=O. The lowest BCUT2D eigenvalue weighted by molar-refractivity contribution is -0.282. The van der Waals surface area contributed by atoms with Gasteiger partial charge in [-0.1, -0.05) is 0 Å². The average Bonchev–Trinajstić information content (AvgIpc) is 2.66. The van der Waals surface area contributed by atoms with E-state index in [1.54, 1.807) is 24.3 Å². The highest BCUT2D eigenvalue weighted by Crippen LogP contribution is 2.31. The summed E-state index contributed by atoms with van der Waals surface area (Å²) >= 11 is 2.11. The lowest BCUT2D eigenvalue weighted by atomic mass is 9.97. The smallest absolute Gasteiger partial charge is 0.339 e. The molecule has 30 heavy (non-hydrogen) atoms. The van der Waals surface area contributed by atoms with Gasteiger partial charge in [0.15, 0.2) is 18.3 Å². The van der Waals surface area contributed by atoms with Gasteiger partial charge in [0.2, 0.25) is 12.4 Å². The topological polar surface area (TPSA) is 124 Å². The van der Waals surface area contributed by atoms with Gasteiger partial charge >= 0.3 is 23.9 Å². The van der Waals surface area contributed by atoms with Crippen LogP contribution in [0.1, 0.15) is 20.8 Å². The summed E-state index contributed by atoms with van der Waals surface area (Å²) < 4.78 is 32.8. The Labute approximate surface area is 186 Å². The summed E-state index contributed by atoms with van der Waals surface area (Å²) in [4.78, 5) is 47.4. The number of halogens is 1. The molecule has 0 unspecified atom stereocenters. The maximum absolute atomic E-state index is 12.3. The summed E-state index contributed by atoms with van der Waals surface area (Å²) in [7, 11) is 1.12. The third kappa shape index (κ3) is 6.29. The maximum atomic E-state index is 12.3. The molecule has 1 fully saturated rings. The Kier molecular flexibility index (Phi) is 8.41. The van der Waals surface area contributed by atoms with Crippen molar-refractivity contribution in [2.75, 3.05) is 7.11 Å². The summed E-state index contributed by atoms with van der Waals surface area (Å²) in [6.07, 6.45) is -7.02. The van der Waals surface area contributed by atoms with Crippen molar-refractivity contribution in [3.05, 3.63) is 27.8 Å². The molecule has 1 saturated heterocycles. The van der Waals surface area contributed by atoms with Crippen LogP contribution in [0.25, 0.3) is 0 Å². The molecule has 1 aliphatic heterocycles. The van der Waals surface area contributed by atoms with Gasteiger partial charge in [0.1, 0.15) is 5.75 Å². The van der Waals surface area contributed by atoms with E-state index in [1.165, 1.54) is 0 Å². The lowest BCUT2D eigenvalue weighted by Crippen LogP contribution is -2.64. The third-order valence-electron chi connectivity index (χ3n) is 3.90. The van der Waals surface area contributed by atoms with Gasteiger partial charge in [-0.3, -0.25) is 14.4 Å². The molecule has 0 aliphatic carbocycles. The quantitative estimate of drug-likeness (QED) is 0.299. The van der Waals surface area contributed by atoms with Crippen molar-refractivity contribution in [3.8, 4) is 5.75 Å². The number of esters is 4. The first kappa shape index (κ1) is 23.9. The van der Waals surface area contributed by atoms with Gasteiger partial charge in [-0.25, -0.2) is 4.79 Å². The van der Waals surface area contributed by atoms with Crippen LogP contribution in [0, 0.1) is 3.57 Å². The molecule has 0 aromatic heterocycles. The minimum atomic E-state index is -1.50. The van der Waals surface area contributed by atoms with E-state index in [9.17, 15) is 19.2 Å². The molecule has 1 aromatic rings. The monoisotopic (exact) mass is 536 g/mol. The van der Waals surface area contributed by atoms with Gasteiger partial charge in [0, 0.05) is 24.3 Å². The Bertz CT molecular complexity index is 793. The normalized spacial score (nSPS) is 25.6. The summed E-state index contributed by atoms with van der Waals surface area (Å²) in [5.74, 6) is -2.80. The molecule has 0 radical (unpaired) electrons. The van der Waals surface area contributed by atoms with E-state index < -0.39 is 54.6 Å². The predicted molar refractivity (Wildman–Crippen MR) is 107 cm³/mol. The van der Waals surface area contributed by atoms with Crippen LogP contribution in [0.4, 0.5) is 0 Å². The van der Waals surface area contributed by atoms with E-state index in [0.717, 1.165) is 31.5 Å². The number of rotatable bonds is 6. The van der Waals surface area contributed by atoms with Gasteiger partial charge in [0.25, 0.3) is 0 Å². The first-order chi connectivity index (χ1) is 14.1. The molecule has 0 amide bonds. The Morgan fingerprint density at radius 1 is 0.833 bits per heavy atom. The standard InChI is InChI=1S/C19H21IO10/c1-9(21)26-14-15(27-10(2)22)17(28-11(3)23)19(30-16(14)18(24)25-4)29-13-7-5-12(20)6-8-13/h5-8,14-17,19H,1-4H3/t14-,15-,16+,17-,19+/m0/s1.